The number of hydrogen-bond acceptors (Lipinski definition) is 4. The summed E-state index contributed by atoms with van der Waals surface area (Å²) in [5.74, 6) is 1.37. The van der Waals surface area contributed by atoms with E-state index in [0.29, 0.717) is 17.4 Å². The van der Waals surface area contributed by atoms with Gasteiger partial charge < -0.3 is 9.15 Å². The van der Waals surface area contributed by atoms with Crippen LogP contribution in [0.15, 0.2) is 52.2 Å². The molecular formula is C16H18N2O3. The van der Waals surface area contributed by atoms with E-state index in [0.717, 1.165) is 0 Å². The zero-order chi connectivity index (χ0) is 15.1. The quantitative estimate of drug-likeness (QED) is 0.656. The van der Waals surface area contributed by atoms with Crippen molar-refractivity contribution in [3.05, 3.63) is 54.0 Å². The molecule has 0 saturated carbocycles. The summed E-state index contributed by atoms with van der Waals surface area (Å²) in [5, 5.41) is 3.77. The summed E-state index contributed by atoms with van der Waals surface area (Å²) in [6.45, 7) is 4.16. The molecule has 2 aromatic rings. The third kappa shape index (κ3) is 4.80. The fraction of sp³-hybridized carbons (Fsp3) is 0.250. The number of amides is 1. The van der Waals surface area contributed by atoms with Gasteiger partial charge in [0.1, 0.15) is 11.5 Å². The number of nitrogens with one attached hydrogen (secondary N) is 1. The molecule has 0 bridgehead atoms. The van der Waals surface area contributed by atoms with Gasteiger partial charge in [0, 0.05) is 0 Å². The molecule has 2 rings (SSSR count). The first-order chi connectivity index (χ1) is 10.1. The molecule has 0 atom stereocenters. The van der Waals surface area contributed by atoms with Crippen LogP contribution in [0, 0.1) is 0 Å². The van der Waals surface area contributed by atoms with Gasteiger partial charge in [0.05, 0.1) is 12.5 Å². The zero-order valence-electron chi connectivity index (χ0n) is 12.1. The fourth-order valence-electron chi connectivity index (χ4n) is 1.66. The molecule has 0 aliphatic carbocycles. The van der Waals surface area contributed by atoms with Crippen molar-refractivity contribution in [1.82, 2.24) is 5.43 Å². The van der Waals surface area contributed by atoms with E-state index in [1.807, 2.05) is 24.3 Å². The molecule has 1 aromatic heterocycles. The van der Waals surface area contributed by atoms with Crippen molar-refractivity contribution < 1.29 is 13.9 Å². The van der Waals surface area contributed by atoms with Crippen molar-refractivity contribution in [2.24, 2.45) is 5.10 Å². The highest BCUT2D eigenvalue weighted by atomic mass is 16.5. The lowest BCUT2D eigenvalue weighted by Gasteiger charge is -2.08. The molecule has 21 heavy (non-hydrogen) atoms. The van der Waals surface area contributed by atoms with Crippen LogP contribution in [0.25, 0.3) is 0 Å². The molecule has 0 spiro atoms. The van der Waals surface area contributed by atoms with Gasteiger partial charge in [-0.2, -0.15) is 5.10 Å². The Labute approximate surface area is 123 Å². The third-order valence-corrected chi connectivity index (χ3v) is 2.84. The van der Waals surface area contributed by atoms with Crippen LogP contribution < -0.4 is 10.2 Å². The van der Waals surface area contributed by atoms with Crippen molar-refractivity contribution in [2.75, 3.05) is 6.61 Å². The Hall–Kier alpha value is -2.56. The molecule has 0 saturated heterocycles. The second-order valence-electron chi connectivity index (χ2n) is 4.82. The maximum absolute atomic E-state index is 11.5. The highest BCUT2D eigenvalue weighted by molar-refractivity contribution is 5.81. The van der Waals surface area contributed by atoms with Crippen molar-refractivity contribution >= 4 is 12.1 Å². The predicted octanol–water partition coefficient (Wildman–Crippen LogP) is 2.93. The first kappa shape index (κ1) is 14.8. The van der Waals surface area contributed by atoms with E-state index in [-0.39, 0.29) is 12.5 Å². The summed E-state index contributed by atoms with van der Waals surface area (Å²) in [6, 6.07) is 11.2. The first-order valence-corrected chi connectivity index (χ1v) is 6.73. The number of hydrazone groups is 1. The molecule has 5 heteroatoms. The van der Waals surface area contributed by atoms with E-state index < -0.39 is 0 Å². The second-order valence-corrected chi connectivity index (χ2v) is 4.82. The van der Waals surface area contributed by atoms with Crippen molar-refractivity contribution in [2.45, 2.75) is 19.8 Å². The average Bonchev–Trinajstić information content (AvgIpc) is 2.99. The number of rotatable bonds is 6. The minimum absolute atomic E-state index is 0.0868. The van der Waals surface area contributed by atoms with Gasteiger partial charge in [-0.05, 0) is 35.7 Å². The van der Waals surface area contributed by atoms with Gasteiger partial charge in [0.25, 0.3) is 5.91 Å². The molecule has 0 aliphatic rings. The lowest BCUT2D eigenvalue weighted by Crippen LogP contribution is -2.24. The monoisotopic (exact) mass is 286 g/mol. The minimum atomic E-state index is -0.328. The van der Waals surface area contributed by atoms with E-state index in [2.05, 4.69) is 24.4 Å². The van der Waals surface area contributed by atoms with E-state index in [1.165, 1.54) is 18.0 Å². The standard InChI is InChI=1S/C16H18N2O3/c1-12(2)13-5-7-14(8-6-13)21-11-16(19)18-17-10-15-4-3-9-20-15/h3-10,12H,11H2,1-2H3,(H,18,19)/b17-10+. The number of nitrogens with zero attached hydrogens (tertiary/aromatic N) is 1. The van der Waals surface area contributed by atoms with E-state index >= 15 is 0 Å². The SMILES string of the molecule is CC(C)c1ccc(OCC(=O)N/N=C/c2ccco2)cc1. The molecule has 0 fully saturated rings. The number of carbonyl (C=O) groups is 1. The zero-order valence-corrected chi connectivity index (χ0v) is 12.1. The number of furan rings is 1. The molecule has 0 unspecified atom stereocenters. The Morgan fingerprint density at radius 3 is 2.71 bits per heavy atom. The van der Waals surface area contributed by atoms with Gasteiger partial charge in [0.2, 0.25) is 0 Å². The van der Waals surface area contributed by atoms with Crippen LogP contribution in [0.3, 0.4) is 0 Å². The third-order valence-electron chi connectivity index (χ3n) is 2.84. The molecule has 1 amide bonds. The van der Waals surface area contributed by atoms with Gasteiger partial charge in [-0.25, -0.2) is 5.43 Å². The Morgan fingerprint density at radius 2 is 2.10 bits per heavy atom. The lowest BCUT2D eigenvalue weighted by molar-refractivity contribution is -0.123. The fourth-order valence-corrected chi connectivity index (χ4v) is 1.66. The topological polar surface area (TPSA) is 63.8 Å². The van der Waals surface area contributed by atoms with Crippen LogP contribution in [-0.2, 0) is 4.79 Å². The lowest BCUT2D eigenvalue weighted by atomic mass is 10.0. The average molecular weight is 286 g/mol. The molecule has 0 radical (unpaired) electrons. The van der Waals surface area contributed by atoms with Crippen LogP contribution in [0.2, 0.25) is 0 Å². The number of benzene rings is 1. The van der Waals surface area contributed by atoms with E-state index in [9.17, 15) is 4.79 Å². The number of ether oxygens (including phenoxy) is 1. The van der Waals surface area contributed by atoms with Crippen LogP contribution >= 0.6 is 0 Å². The largest absolute Gasteiger partial charge is 0.484 e. The van der Waals surface area contributed by atoms with Gasteiger partial charge in [0.15, 0.2) is 6.61 Å². The predicted molar refractivity (Wildman–Crippen MR) is 80.5 cm³/mol. The van der Waals surface area contributed by atoms with Gasteiger partial charge >= 0.3 is 0 Å². The van der Waals surface area contributed by atoms with Crippen molar-refractivity contribution in [1.29, 1.82) is 0 Å². The van der Waals surface area contributed by atoms with Crippen LogP contribution in [0.1, 0.15) is 31.1 Å². The minimum Gasteiger partial charge on any atom is -0.484 e. The van der Waals surface area contributed by atoms with Crippen LogP contribution in [-0.4, -0.2) is 18.7 Å². The Kier molecular flexibility index (Phi) is 5.15. The molecular weight excluding hydrogens is 268 g/mol. The maximum atomic E-state index is 11.5. The van der Waals surface area contributed by atoms with Gasteiger partial charge in [-0.3, -0.25) is 4.79 Å². The van der Waals surface area contributed by atoms with Crippen LogP contribution in [0.5, 0.6) is 5.75 Å². The summed E-state index contributed by atoms with van der Waals surface area (Å²) in [4.78, 5) is 11.5. The Balaban J connectivity index is 1.76. The van der Waals surface area contributed by atoms with Crippen molar-refractivity contribution in [3.63, 3.8) is 0 Å². The highest BCUT2D eigenvalue weighted by Crippen LogP contribution is 2.18. The molecule has 5 nitrogen and oxygen atoms in total. The van der Waals surface area contributed by atoms with Crippen molar-refractivity contribution in [3.8, 4) is 5.75 Å². The molecule has 1 N–H and O–H groups in total. The van der Waals surface area contributed by atoms with E-state index in [1.54, 1.807) is 12.1 Å². The summed E-state index contributed by atoms with van der Waals surface area (Å²) in [7, 11) is 0. The summed E-state index contributed by atoms with van der Waals surface area (Å²) >= 11 is 0. The molecule has 110 valence electrons. The summed E-state index contributed by atoms with van der Waals surface area (Å²) in [5.41, 5.74) is 3.60. The number of hydrogen-bond donors (Lipinski definition) is 1. The summed E-state index contributed by atoms with van der Waals surface area (Å²) < 4.78 is 10.4. The molecule has 0 aliphatic heterocycles. The van der Waals surface area contributed by atoms with Gasteiger partial charge in [-0.15, -0.1) is 0 Å². The molecule has 1 heterocycles. The highest BCUT2D eigenvalue weighted by Gasteiger charge is 2.03. The van der Waals surface area contributed by atoms with Crippen LogP contribution in [0.4, 0.5) is 0 Å². The Morgan fingerprint density at radius 1 is 1.33 bits per heavy atom. The summed E-state index contributed by atoms with van der Waals surface area (Å²) in [6.07, 6.45) is 2.96. The molecule has 1 aromatic carbocycles. The first-order valence-electron chi connectivity index (χ1n) is 6.73. The smallest absolute Gasteiger partial charge is 0.277 e. The van der Waals surface area contributed by atoms with Gasteiger partial charge in [-0.1, -0.05) is 26.0 Å². The second kappa shape index (κ2) is 7.28. The number of carbonyl (C=O) groups excluding carboxylic acids is 1. The maximum Gasteiger partial charge on any atom is 0.277 e. The normalized spacial score (nSPS) is 11.0. The van der Waals surface area contributed by atoms with E-state index in [4.69, 9.17) is 9.15 Å². The Bertz CT molecular complexity index is 586.